The Bertz CT molecular complexity index is 757. The molecule has 0 aliphatic rings. The first-order valence-corrected chi connectivity index (χ1v) is 8.27. The van der Waals surface area contributed by atoms with Crippen molar-refractivity contribution in [3.05, 3.63) is 59.1 Å². The molecule has 0 bridgehead atoms. The van der Waals surface area contributed by atoms with E-state index in [0.29, 0.717) is 0 Å². The number of rotatable bonds is 4. The first-order valence-electron chi connectivity index (χ1n) is 7.89. The fraction of sp³-hybridized carbons (Fsp3) is 0.333. The summed E-state index contributed by atoms with van der Waals surface area (Å²) in [6, 6.07) is 12.4. The van der Waals surface area contributed by atoms with Crippen molar-refractivity contribution in [2.75, 3.05) is 13.6 Å². The molecule has 0 unspecified atom stereocenters. The SMILES string of the molecule is CN(C/C=C/C#CC(C)(C)C)Cc1cccc2c(Cl)cccc12. The number of allylic oxidation sites excluding steroid dienone is 1. The van der Waals surface area contributed by atoms with Crippen molar-refractivity contribution >= 4 is 22.4 Å². The summed E-state index contributed by atoms with van der Waals surface area (Å²) in [5, 5.41) is 3.15. The Kier molecular flexibility index (Phi) is 5.88. The van der Waals surface area contributed by atoms with Crippen molar-refractivity contribution in [3.8, 4) is 11.8 Å². The summed E-state index contributed by atoms with van der Waals surface area (Å²) in [6.45, 7) is 8.10. The van der Waals surface area contributed by atoms with E-state index in [1.165, 1.54) is 10.9 Å². The number of likely N-dealkylation sites (N-methyl/N-ethyl adjacent to an activating group) is 1. The van der Waals surface area contributed by atoms with E-state index in [4.69, 9.17) is 11.6 Å². The zero-order valence-electron chi connectivity index (χ0n) is 14.4. The Morgan fingerprint density at radius 3 is 2.52 bits per heavy atom. The van der Waals surface area contributed by atoms with Crippen LogP contribution >= 0.6 is 11.6 Å². The van der Waals surface area contributed by atoms with Crippen molar-refractivity contribution in [3.63, 3.8) is 0 Å². The van der Waals surface area contributed by atoms with Crippen LogP contribution in [0, 0.1) is 17.3 Å². The summed E-state index contributed by atoms with van der Waals surface area (Å²) in [5.74, 6) is 6.31. The molecular weight excluding hydrogens is 302 g/mol. The maximum atomic E-state index is 6.28. The van der Waals surface area contributed by atoms with Gasteiger partial charge in [-0.2, -0.15) is 0 Å². The Morgan fingerprint density at radius 2 is 1.78 bits per heavy atom. The van der Waals surface area contributed by atoms with Crippen molar-refractivity contribution in [1.29, 1.82) is 0 Å². The van der Waals surface area contributed by atoms with Gasteiger partial charge in [-0.15, -0.1) is 0 Å². The molecule has 0 atom stereocenters. The predicted octanol–water partition coefficient (Wildman–Crippen LogP) is 5.53. The van der Waals surface area contributed by atoms with E-state index < -0.39 is 0 Å². The van der Waals surface area contributed by atoms with Gasteiger partial charge in [0.15, 0.2) is 0 Å². The average molecular weight is 326 g/mol. The maximum absolute atomic E-state index is 6.28. The highest BCUT2D eigenvalue weighted by molar-refractivity contribution is 6.35. The van der Waals surface area contributed by atoms with Crippen LogP contribution in [0.2, 0.25) is 5.02 Å². The van der Waals surface area contributed by atoms with Gasteiger partial charge in [0.25, 0.3) is 0 Å². The van der Waals surface area contributed by atoms with Gasteiger partial charge in [0.1, 0.15) is 0 Å². The minimum atomic E-state index is 0.0540. The van der Waals surface area contributed by atoms with Crippen LogP contribution in [0.5, 0.6) is 0 Å². The van der Waals surface area contributed by atoms with Crippen molar-refractivity contribution < 1.29 is 0 Å². The topological polar surface area (TPSA) is 3.24 Å². The summed E-state index contributed by atoms with van der Waals surface area (Å²) < 4.78 is 0. The summed E-state index contributed by atoms with van der Waals surface area (Å²) >= 11 is 6.28. The summed E-state index contributed by atoms with van der Waals surface area (Å²) in [4.78, 5) is 2.27. The Morgan fingerprint density at radius 1 is 1.09 bits per heavy atom. The second-order valence-corrected chi connectivity index (χ2v) is 7.28. The van der Waals surface area contributed by atoms with Crippen LogP contribution in [0.25, 0.3) is 10.8 Å². The van der Waals surface area contributed by atoms with Gasteiger partial charge in [-0.05, 0) is 50.9 Å². The molecule has 0 heterocycles. The number of hydrogen-bond acceptors (Lipinski definition) is 1. The van der Waals surface area contributed by atoms with Gasteiger partial charge in [-0.1, -0.05) is 59.8 Å². The Labute approximate surface area is 145 Å². The smallest absolute Gasteiger partial charge is 0.0484 e. The highest BCUT2D eigenvalue weighted by Crippen LogP contribution is 2.26. The number of benzene rings is 2. The number of hydrogen-bond donors (Lipinski definition) is 0. The molecule has 0 aliphatic heterocycles. The molecular formula is C21H24ClN. The van der Waals surface area contributed by atoms with E-state index in [1.54, 1.807) is 0 Å². The van der Waals surface area contributed by atoms with Gasteiger partial charge in [0.2, 0.25) is 0 Å². The second-order valence-electron chi connectivity index (χ2n) is 6.87. The van der Waals surface area contributed by atoms with E-state index >= 15 is 0 Å². The molecule has 2 aromatic rings. The van der Waals surface area contributed by atoms with Crippen LogP contribution < -0.4 is 0 Å². The molecule has 2 heteroatoms. The second kappa shape index (κ2) is 7.68. The summed E-state index contributed by atoms with van der Waals surface area (Å²) in [5.41, 5.74) is 1.35. The highest BCUT2D eigenvalue weighted by Gasteiger charge is 2.05. The number of nitrogens with zero attached hydrogens (tertiary/aromatic N) is 1. The van der Waals surface area contributed by atoms with E-state index in [2.05, 4.69) is 74.9 Å². The van der Waals surface area contributed by atoms with Crippen LogP contribution in [0.4, 0.5) is 0 Å². The Hall–Kier alpha value is -1.75. The fourth-order valence-corrected chi connectivity index (χ4v) is 2.62. The van der Waals surface area contributed by atoms with Gasteiger partial charge in [-0.25, -0.2) is 0 Å². The predicted molar refractivity (Wildman–Crippen MR) is 102 cm³/mol. The van der Waals surface area contributed by atoms with E-state index in [9.17, 15) is 0 Å². The van der Waals surface area contributed by atoms with E-state index in [-0.39, 0.29) is 5.41 Å². The van der Waals surface area contributed by atoms with E-state index in [1.807, 2.05) is 18.2 Å². The normalized spacial score (nSPS) is 11.9. The van der Waals surface area contributed by atoms with Crippen LogP contribution in [-0.4, -0.2) is 18.5 Å². The third-order valence-corrected chi connectivity index (χ3v) is 3.79. The lowest BCUT2D eigenvalue weighted by Crippen LogP contribution is -2.17. The molecule has 0 radical (unpaired) electrons. The van der Waals surface area contributed by atoms with Crippen LogP contribution in [-0.2, 0) is 6.54 Å². The maximum Gasteiger partial charge on any atom is 0.0484 e. The van der Waals surface area contributed by atoms with Crippen LogP contribution in [0.3, 0.4) is 0 Å². The molecule has 2 aromatic carbocycles. The third kappa shape index (κ3) is 5.43. The third-order valence-electron chi connectivity index (χ3n) is 3.46. The average Bonchev–Trinajstić information content (AvgIpc) is 2.47. The monoisotopic (exact) mass is 325 g/mol. The minimum absolute atomic E-state index is 0.0540. The molecule has 120 valence electrons. The molecule has 0 spiro atoms. The van der Waals surface area contributed by atoms with Gasteiger partial charge in [-0.3, -0.25) is 4.90 Å². The fourth-order valence-electron chi connectivity index (χ4n) is 2.38. The molecule has 0 aromatic heterocycles. The summed E-state index contributed by atoms with van der Waals surface area (Å²) in [7, 11) is 2.12. The quantitative estimate of drug-likeness (QED) is 0.668. The minimum Gasteiger partial charge on any atom is -0.298 e. The molecule has 0 fully saturated rings. The van der Waals surface area contributed by atoms with Crippen molar-refractivity contribution in [2.24, 2.45) is 5.41 Å². The molecule has 23 heavy (non-hydrogen) atoms. The largest absolute Gasteiger partial charge is 0.298 e. The molecule has 0 amide bonds. The van der Waals surface area contributed by atoms with Gasteiger partial charge in [0.05, 0.1) is 0 Å². The van der Waals surface area contributed by atoms with Gasteiger partial charge < -0.3 is 0 Å². The Balaban J connectivity index is 2.03. The first-order chi connectivity index (χ1) is 10.9. The number of halogens is 1. The van der Waals surface area contributed by atoms with Crippen molar-refractivity contribution in [2.45, 2.75) is 27.3 Å². The summed E-state index contributed by atoms with van der Waals surface area (Å²) in [6.07, 6.45) is 4.05. The molecule has 1 nitrogen and oxygen atoms in total. The molecule has 0 saturated heterocycles. The highest BCUT2D eigenvalue weighted by atomic mass is 35.5. The zero-order chi connectivity index (χ0) is 16.9. The lowest BCUT2D eigenvalue weighted by atomic mass is 9.98. The molecule has 0 N–H and O–H groups in total. The van der Waals surface area contributed by atoms with Crippen LogP contribution in [0.1, 0.15) is 26.3 Å². The molecule has 0 aliphatic carbocycles. The molecule has 0 saturated carbocycles. The van der Waals surface area contributed by atoms with E-state index in [0.717, 1.165) is 23.5 Å². The van der Waals surface area contributed by atoms with Gasteiger partial charge in [0, 0.05) is 28.9 Å². The lowest BCUT2D eigenvalue weighted by Gasteiger charge is -2.16. The standard InChI is InChI=1S/C21H24ClN/c1-21(2,3)14-6-5-7-15-23(4)16-17-10-8-12-19-18(17)11-9-13-20(19)22/h5,7-13H,15-16H2,1-4H3/b7-5+. The lowest BCUT2D eigenvalue weighted by molar-refractivity contribution is 0.365. The van der Waals surface area contributed by atoms with Crippen LogP contribution in [0.15, 0.2) is 48.6 Å². The van der Waals surface area contributed by atoms with Gasteiger partial charge >= 0.3 is 0 Å². The number of fused-ring (bicyclic) bond motifs is 1. The first kappa shape index (κ1) is 17.6. The zero-order valence-corrected chi connectivity index (χ0v) is 15.1. The van der Waals surface area contributed by atoms with Crippen molar-refractivity contribution in [1.82, 2.24) is 4.90 Å². The molecule has 2 rings (SSSR count).